The fraction of sp³-hybridized carbons (Fsp3) is 0.250. The van der Waals surface area contributed by atoms with Crippen LogP contribution in [0.4, 0.5) is 0 Å². The Bertz CT molecular complexity index is 928. The first-order valence-corrected chi connectivity index (χ1v) is 7.95. The van der Waals surface area contributed by atoms with Gasteiger partial charge in [0.15, 0.2) is 0 Å². The van der Waals surface area contributed by atoms with Gasteiger partial charge in [-0.05, 0) is 43.8 Å². The van der Waals surface area contributed by atoms with Crippen LogP contribution in [0.1, 0.15) is 11.1 Å². The molecule has 2 aromatic carbocycles. The minimum atomic E-state index is 0.527. The molecule has 0 saturated heterocycles. The molecule has 1 aliphatic heterocycles. The Morgan fingerprint density at radius 3 is 2.78 bits per heavy atom. The van der Waals surface area contributed by atoms with Crippen LogP contribution >= 0.6 is 0 Å². The highest BCUT2D eigenvalue weighted by Crippen LogP contribution is 2.36. The summed E-state index contributed by atoms with van der Waals surface area (Å²) in [5, 5.41) is 10.4. The van der Waals surface area contributed by atoms with Crippen molar-refractivity contribution in [1.82, 2.24) is 9.47 Å². The minimum Gasteiger partial charge on any atom is -0.345 e. The van der Waals surface area contributed by atoms with E-state index in [1.54, 1.807) is 0 Å². The van der Waals surface area contributed by atoms with Crippen LogP contribution in [0.25, 0.3) is 22.0 Å². The summed E-state index contributed by atoms with van der Waals surface area (Å²) < 4.78 is 2.38. The molecule has 3 heteroatoms. The topological polar surface area (TPSA) is 32.0 Å². The Balaban J connectivity index is 1.92. The lowest BCUT2D eigenvalue weighted by molar-refractivity contribution is 0.258. The Morgan fingerprint density at radius 2 is 2.00 bits per heavy atom. The van der Waals surface area contributed by atoms with Gasteiger partial charge in [0.1, 0.15) is 0 Å². The standard InChI is InChI=1S/C20H19N3/c1-22(2)17-10-16-7-4-8-18-19(13-23(12-17)20(16)18)15-6-3-5-14(9-15)11-21/h3-9,13,17H,10,12H2,1-2H3/t17-/m0/s1. The molecule has 3 aromatic rings. The summed E-state index contributed by atoms with van der Waals surface area (Å²) in [6, 6.07) is 17.2. The highest BCUT2D eigenvalue weighted by molar-refractivity contribution is 5.98. The molecule has 0 amide bonds. The van der Waals surface area contributed by atoms with Gasteiger partial charge >= 0.3 is 0 Å². The van der Waals surface area contributed by atoms with E-state index in [0.717, 1.165) is 18.5 Å². The van der Waals surface area contributed by atoms with Crippen molar-refractivity contribution >= 4 is 10.9 Å². The van der Waals surface area contributed by atoms with Gasteiger partial charge in [0.2, 0.25) is 0 Å². The van der Waals surface area contributed by atoms with Gasteiger partial charge in [-0.3, -0.25) is 0 Å². The molecule has 1 aromatic heterocycles. The molecule has 4 rings (SSSR count). The average Bonchev–Trinajstić information content (AvgIpc) is 2.95. The van der Waals surface area contributed by atoms with Crippen molar-refractivity contribution in [1.29, 1.82) is 5.26 Å². The molecule has 23 heavy (non-hydrogen) atoms. The van der Waals surface area contributed by atoms with Crippen LogP contribution in [-0.4, -0.2) is 29.6 Å². The molecule has 2 heterocycles. The predicted molar refractivity (Wildman–Crippen MR) is 93.3 cm³/mol. The molecule has 3 nitrogen and oxygen atoms in total. The molecule has 0 saturated carbocycles. The smallest absolute Gasteiger partial charge is 0.0991 e. The number of rotatable bonds is 2. The number of para-hydroxylation sites is 1. The number of nitriles is 1. The zero-order valence-corrected chi connectivity index (χ0v) is 13.5. The largest absolute Gasteiger partial charge is 0.345 e. The van der Waals surface area contributed by atoms with Crippen molar-refractivity contribution in [3.05, 3.63) is 59.8 Å². The van der Waals surface area contributed by atoms with Gasteiger partial charge < -0.3 is 9.47 Å². The molecule has 1 aliphatic rings. The lowest BCUT2D eigenvalue weighted by Gasteiger charge is -2.29. The monoisotopic (exact) mass is 301 g/mol. The van der Waals surface area contributed by atoms with Crippen LogP contribution in [0.5, 0.6) is 0 Å². The van der Waals surface area contributed by atoms with Crippen molar-refractivity contribution in [3.63, 3.8) is 0 Å². The summed E-state index contributed by atoms with van der Waals surface area (Å²) in [6.45, 7) is 1.01. The highest BCUT2D eigenvalue weighted by Gasteiger charge is 2.23. The first kappa shape index (κ1) is 14.0. The summed E-state index contributed by atoms with van der Waals surface area (Å²) in [5.74, 6) is 0. The lowest BCUT2D eigenvalue weighted by Crippen LogP contribution is -2.36. The number of hydrogen-bond donors (Lipinski definition) is 0. The van der Waals surface area contributed by atoms with Crippen LogP contribution in [0.2, 0.25) is 0 Å². The highest BCUT2D eigenvalue weighted by atomic mass is 15.1. The Hall–Kier alpha value is -2.57. The van der Waals surface area contributed by atoms with E-state index in [1.807, 2.05) is 18.2 Å². The van der Waals surface area contributed by atoms with Crippen molar-refractivity contribution in [2.75, 3.05) is 14.1 Å². The Morgan fingerprint density at radius 1 is 1.17 bits per heavy atom. The van der Waals surface area contributed by atoms with E-state index >= 15 is 0 Å². The Labute approximate surface area is 136 Å². The van der Waals surface area contributed by atoms with Crippen molar-refractivity contribution in [2.45, 2.75) is 19.0 Å². The summed E-state index contributed by atoms with van der Waals surface area (Å²) in [6.07, 6.45) is 3.34. The van der Waals surface area contributed by atoms with Crippen molar-refractivity contribution < 1.29 is 0 Å². The fourth-order valence-corrected chi connectivity index (χ4v) is 3.62. The number of nitrogens with zero attached hydrogens (tertiary/aromatic N) is 3. The van der Waals surface area contributed by atoms with E-state index in [9.17, 15) is 0 Å². The normalized spacial score (nSPS) is 16.7. The van der Waals surface area contributed by atoms with E-state index in [1.165, 1.54) is 22.0 Å². The third-order valence-electron chi connectivity index (χ3n) is 4.88. The molecule has 0 aliphatic carbocycles. The van der Waals surface area contributed by atoms with Crippen LogP contribution < -0.4 is 0 Å². The van der Waals surface area contributed by atoms with E-state index < -0.39 is 0 Å². The minimum absolute atomic E-state index is 0.527. The van der Waals surface area contributed by atoms with Gasteiger partial charge in [0.25, 0.3) is 0 Å². The second-order valence-corrected chi connectivity index (χ2v) is 6.52. The average molecular weight is 301 g/mol. The summed E-state index contributed by atoms with van der Waals surface area (Å²) in [4.78, 5) is 2.30. The molecule has 0 unspecified atom stereocenters. The van der Waals surface area contributed by atoms with E-state index in [2.05, 4.69) is 60.1 Å². The van der Waals surface area contributed by atoms with E-state index in [-0.39, 0.29) is 0 Å². The first-order valence-electron chi connectivity index (χ1n) is 7.95. The lowest BCUT2D eigenvalue weighted by atomic mass is 9.97. The molecule has 0 radical (unpaired) electrons. The maximum absolute atomic E-state index is 9.16. The molecule has 0 fully saturated rings. The maximum Gasteiger partial charge on any atom is 0.0991 e. The second kappa shape index (κ2) is 5.26. The molecule has 114 valence electrons. The third-order valence-corrected chi connectivity index (χ3v) is 4.88. The second-order valence-electron chi connectivity index (χ2n) is 6.52. The molecule has 0 spiro atoms. The zero-order chi connectivity index (χ0) is 16.0. The van der Waals surface area contributed by atoms with Gasteiger partial charge in [-0.1, -0.05) is 30.3 Å². The molecular weight excluding hydrogens is 282 g/mol. The van der Waals surface area contributed by atoms with Gasteiger partial charge in [0, 0.05) is 29.7 Å². The summed E-state index contributed by atoms with van der Waals surface area (Å²) >= 11 is 0. The number of hydrogen-bond acceptors (Lipinski definition) is 2. The van der Waals surface area contributed by atoms with Gasteiger partial charge in [-0.2, -0.15) is 5.26 Å². The Kier molecular flexibility index (Phi) is 3.21. The molecule has 0 bridgehead atoms. The fourth-order valence-electron chi connectivity index (χ4n) is 3.62. The number of benzene rings is 2. The van der Waals surface area contributed by atoms with Crippen molar-refractivity contribution in [2.24, 2.45) is 0 Å². The maximum atomic E-state index is 9.16. The number of aromatic nitrogens is 1. The van der Waals surface area contributed by atoms with Crippen LogP contribution in [0.3, 0.4) is 0 Å². The van der Waals surface area contributed by atoms with Crippen LogP contribution in [-0.2, 0) is 13.0 Å². The number of likely N-dealkylation sites (N-methyl/N-ethyl adjacent to an activating group) is 1. The van der Waals surface area contributed by atoms with Gasteiger partial charge in [-0.25, -0.2) is 0 Å². The summed E-state index contributed by atoms with van der Waals surface area (Å²) in [5.41, 5.74) is 5.81. The molecule has 0 N–H and O–H groups in total. The summed E-state index contributed by atoms with van der Waals surface area (Å²) in [7, 11) is 4.30. The van der Waals surface area contributed by atoms with E-state index in [4.69, 9.17) is 5.26 Å². The quantitative estimate of drug-likeness (QED) is 0.723. The third kappa shape index (κ3) is 2.23. The predicted octanol–water partition coefficient (Wildman–Crippen LogP) is 3.67. The van der Waals surface area contributed by atoms with Gasteiger partial charge in [-0.15, -0.1) is 0 Å². The van der Waals surface area contributed by atoms with Gasteiger partial charge in [0.05, 0.1) is 17.1 Å². The SMILES string of the molecule is CN(C)[C@H]1Cc2cccc3c(-c4cccc(C#N)c4)cn(c23)C1. The van der Waals surface area contributed by atoms with Crippen LogP contribution in [0, 0.1) is 11.3 Å². The first-order chi connectivity index (χ1) is 11.2. The zero-order valence-electron chi connectivity index (χ0n) is 13.5. The van der Waals surface area contributed by atoms with Crippen molar-refractivity contribution in [3.8, 4) is 17.2 Å². The van der Waals surface area contributed by atoms with E-state index in [0.29, 0.717) is 11.6 Å². The van der Waals surface area contributed by atoms with Crippen LogP contribution in [0.15, 0.2) is 48.7 Å². The molecular formula is C20H19N3. The molecule has 1 atom stereocenters.